The predicted molar refractivity (Wildman–Crippen MR) is 103 cm³/mol. The van der Waals surface area contributed by atoms with E-state index in [-0.39, 0.29) is 17.4 Å². The van der Waals surface area contributed by atoms with Crippen LogP contribution < -0.4 is 10.1 Å². The van der Waals surface area contributed by atoms with Gasteiger partial charge >= 0.3 is 0 Å². The Morgan fingerprint density at radius 1 is 1.23 bits per heavy atom. The van der Waals surface area contributed by atoms with Crippen molar-refractivity contribution >= 4 is 42.4 Å². The molecule has 8 heteroatoms. The van der Waals surface area contributed by atoms with Crippen LogP contribution in [0.3, 0.4) is 0 Å². The highest BCUT2D eigenvalue weighted by atomic mass is 32.2. The van der Waals surface area contributed by atoms with Gasteiger partial charge in [0, 0.05) is 6.26 Å². The Morgan fingerprint density at radius 2 is 2.00 bits per heavy atom. The van der Waals surface area contributed by atoms with Crippen LogP contribution in [0.25, 0.3) is 10.2 Å². The molecule has 1 aromatic heterocycles. The molecule has 0 unspecified atom stereocenters. The first-order valence-electron chi connectivity index (χ1n) is 7.98. The van der Waals surface area contributed by atoms with E-state index < -0.39 is 9.84 Å². The number of carbonyl (C=O) groups excluding carboxylic acids is 1. The fourth-order valence-electron chi connectivity index (χ4n) is 2.42. The molecule has 0 radical (unpaired) electrons. The van der Waals surface area contributed by atoms with E-state index in [1.807, 2.05) is 31.2 Å². The smallest absolute Gasteiger partial charge is 0.264 e. The van der Waals surface area contributed by atoms with Gasteiger partial charge in [-0.1, -0.05) is 36.5 Å². The van der Waals surface area contributed by atoms with Gasteiger partial charge in [-0.15, -0.1) is 0 Å². The van der Waals surface area contributed by atoms with Gasteiger partial charge in [-0.2, -0.15) is 0 Å². The van der Waals surface area contributed by atoms with Crippen LogP contribution in [0, 0.1) is 0 Å². The maximum Gasteiger partial charge on any atom is 0.264 e. The largest absolute Gasteiger partial charge is 0.483 e. The molecule has 26 heavy (non-hydrogen) atoms. The van der Waals surface area contributed by atoms with Crippen molar-refractivity contribution in [2.24, 2.45) is 0 Å². The number of para-hydroxylation sites is 1. The number of aryl methyl sites for hydroxylation is 1. The lowest BCUT2D eigenvalue weighted by Crippen LogP contribution is -2.20. The molecule has 0 saturated heterocycles. The number of nitrogens with one attached hydrogen (secondary N) is 1. The summed E-state index contributed by atoms with van der Waals surface area (Å²) in [5.41, 5.74) is 1.67. The summed E-state index contributed by atoms with van der Waals surface area (Å²) in [4.78, 5) is 16.7. The van der Waals surface area contributed by atoms with Crippen LogP contribution >= 0.6 is 11.3 Å². The van der Waals surface area contributed by atoms with Gasteiger partial charge in [0.25, 0.3) is 5.91 Å². The zero-order valence-electron chi connectivity index (χ0n) is 14.4. The quantitative estimate of drug-likeness (QED) is 0.698. The summed E-state index contributed by atoms with van der Waals surface area (Å²) < 4.78 is 29.5. The molecule has 6 nitrogen and oxygen atoms in total. The number of aromatic nitrogens is 1. The summed E-state index contributed by atoms with van der Waals surface area (Å²) in [5.74, 6) is 0.366. The summed E-state index contributed by atoms with van der Waals surface area (Å²) in [6.07, 6.45) is 1.97. The third-order valence-electron chi connectivity index (χ3n) is 3.75. The van der Waals surface area contributed by atoms with E-state index in [0.29, 0.717) is 21.1 Å². The predicted octanol–water partition coefficient (Wildman–Crippen LogP) is 3.28. The van der Waals surface area contributed by atoms with Crippen LogP contribution in [-0.4, -0.2) is 32.2 Å². The second kappa shape index (κ2) is 7.43. The molecule has 1 amide bonds. The second-order valence-corrected chi connectivity index (χ2v) is 8.77. The molecular weight excluding hydrogens is 372 g/mol. The molecule has 136 valence electrons. The van der Waals surface area contributed by atoms with Crippen molar-refractivity contribution in [3.63, 3.8) is 0 Å². The molecule has 2 aromatic carbocycles. The van der Waals surface area contributed by atoms with Crippen LogP contribution in [0.4, 0.5) is 5.13 Å². The minimum Gasteiger partial charge on any atom is -0.483 e. The van der Waals surface area contributed by atoms with Crippen molar-refractivity contribution < 1.29 is 17.9 Å². The third-order valence-corrected chi connectivity index (χ3v) is 5.79. The maximum absolute atomic E-state index is 12.1. The molecule has 0 bridgehead atoms. The first kappa shape index (κ1) is 18.3. The van der Waals surface area contributed by atoms with Crippen LogP contribution in [0.15, 0.2) is 47.4 Å². The zero-order valence-corrected chi connectivity index (χ0v) is 16.0. The number of rotatable bonds is 6. The number of benzene rings is 2. The number of amides is 1. The molecule has 0 spiro atoms. The normalized spacial score (nSPS) is 11.5. The van der Waals surface area contributed by atoms with Crippen molar-refractivity contribution in [2.75, 3.05) is 18.2 Å². The highest BCUT2D eigenvalue weighted by Gasteiger charge is 2.13. The van der Waals surface area contributed by atoms with E-state index in [1.54, 1.807) is 12.1 Å². The first-order valence-corrected chi connectivity index (χ1v) is 10.7. The SMILES string of the molecule is CCc1ccccc1OCC(=O)Nc1nc2ccc(S(C)(=O)=O)cc2s1. The number of hydrogen-bond donors (Lipinski definition) is 1. The average Bonchev–Trinajstić information content (AvgIpc) is 3.00. The fraction of sp³-hybridized carbons (Fsp3) is 0.222. The Kier molecular flexibility index (Phi) is 5.24. The highest BCUT2D eigenvalue weighted by molar-refractivity contribution is 7.90. The van der Waals surface area contributed by atoms with Crippen LogP contribution in [0.5, 0.6) is 5.75 Å². The Labute approximate surface area is 155 Å². The summed E-state index contributed by atoms with van der Waals surface area (Å²) in [5, 5.41) is 3.10. The van der Waals surface area contributed by atoms with E-state index in [2.05, 4.69) is 10.3 Å². The lowest BCUT2D eigenvalue weighted by molar-refractivity contribution is -0.118. The lowest BCUT2D eigenvalue weighted by atomic mass is 10.1. The van der Waals surface area contributed by atoms with Gasteiger partial charge in [0.15, 0.2) is 21.6 Å². The average molecular weight is 390 g/mol. The molecule has 3 rings (SSSR count). The van der Waals surface area contributed by atoms with Crippen LogP contribution in [-0.2, 0) is 21.1 Å². The summed E-state index contributed by atoms with van der Waals surface area (Å²) in [7, 11) is -3.28. The molecule has 1 heterocycles. The summed E-state index contributed by atoms with van der Waals surface area (Å²) >= 11 is 1.22. The van der Waals surface area contributed by atoms with Crippen molar-refractivity contribution in [3.8, 4) is 5.75 Å². The standard InChI is InChI=1S/C18H18N2O4S2/c1-3-12-6-4-5-7-15(12)24-11-17(21)20-18-19-14-9-8-13(26(2,22)23)10-16(14)25-18/h4-10H,3,11H2,1-2H3,(H,19,20,21). The minimum absolute atomic E-state index is 0.123. The van der Waals surface area contributed by atoms with E-state index in [4.69, 9.17) is 4.74 Å². The number of carbonyl (C=O) groups is 1. The molecule has 0 atom stereocenters. The maximum atomic E-state index is 12.1. The molecule has 0 aliphatic rings. The van der Waals surface area contributed by atoms with Gasteiger partial charge < -0.3 is 4.74 Å². The molecular formula is C18H18N2O4S2. The van der Waals surface area contributed by atoms with Gasteiger partial charge in [-0.25, -0.2) is 13.4 Å². The monoisotopic (exact) mass is 390 g/mol. The molecule has 0 aliphatic heterocycles. The molecule has 0 aliphatic carbocycles. The topological polar surface area (TPSA) is 85.4 Å². The Morgan fingerprint density at radius 3 is 2.73 bits per heavy atom. The zero-order chi connectivity index (χ0) is 18.7. The number of fused-ring (bicyclic) bond motifs is 1. The van der Waals surface area contributed by atoms with E-state index >= 15 is 0 Å². The Balaban J connectivity index is 1.69. The summed E-state index contributed by atoms with van der Waals surface area (Å²) in [6, 6.07) is 12.3. The number of sulfone groups is 1. The van der Waals surface area contributed by atoms with Crippen molar-refractivity contribution in [2.45, 2.75) is 18.2 Å². The molecule has 1 N–H and O–H groups in total. The Bertz CT molecular complexity index is 1060. The van der Waals surface area contributed by atoms with Gasteiger partial charge in [0.2, 0.25) is 0 Å². The molecule has 3 aromatic rings. The van der Waals surface area contributed by atoms with Crippen LogP contribution in [0.2, 0.25) is 0 Å². The second-order valence-electron chi connectivity index (χ2n) is 5.72. The highest BCUT2D eigenvalue weighted by Crippen LogP contribution is 2.28. The summed E-state index contributed by atoms with van der Waals surface area (Å²) in [6.45, 7) is 1.90. The van der Waals surface area contributed by atoms with Crippen molar-refractivity contribution in [3.05, 3.63) is 48.0 Å². The number of anilines is 1. The van der Waals surface area contributed by atoms with E-state index in [0.717, 1.165) is 18.2 Å². The third kappa shape index (κ3) is 4.20. The van der Waals surface area contributed by atoms with Gasteiger partial charge in [0.05, 0.1) is 15.1 Å². The van der Waals surface area contributed by atoms with Crippen molar-refractivity contribution in [1.29, 1.82) is 0 Å². The van der Waals surface area contributed by atoms with E-state index in [9.17, 15) is 13.2 Å². The fourth-order valence-corrected chi connectivity index (χ4v) is 4.07. The van der Waals surface area contributed by atoms with Crippen LogP contribution in [0.1, 0.15) is 12.5 Å². The number of ether oxygens (including phenoxy) is 1. The van der Waals surface area contributed by atoms with Gasteiger partial charge in [-0.3, -0.25) is 10.1 Å². The Hall–Kier alpha value is -2.45. The number of nitrogens with zero attached hydrogens (tertiary/aromatic N) is 1. The first-order chi connectivity index (χ1) is 12.4. The lowest BCUT2D eigenvalue weighted by Gasteiger charge is -2.09. The van der Waals surface area contributed by atoms with Crippen molar-refractivity contribution in [1.82, 2.24) is 4.98 Å². The van der Waals surface area contributed by atoms with Gasteiger partial charge in [0.1, 0.15) is 5.75 Å². The molecule has 0 fully saturated rings. The minimum atomic E-state index is -3.28. The van der Waals surface area contributed by atoms with Gasteiger partial charge in [-0.05, 0) is 36.2 Å². The number of hydrogen-bond acceptors (Lipinski definition) is 6. The molecule has 0 saturated carbocycles. The van der Waals surface area contributed by atoms with E-state index in [1.165, 1.54) is 17.4 Å². The number of thiazole rings is 1.